The van der Waals surface area contributed by atoms with Crippen LogP contribution in [0.3, 0.4) is 0 Å². The van der Waals surface area contributed by atoms with Gasteiger partial charge in [0.15, 0.2) is 0 Å². The highest BCUT2D eigenvalue weighted by Gasteiger charge is 2.33. The molecule has 0 aliphatic carbocycles. The lowest BCUT2D eigenvalue weighted by molar-refractivity contribution is -0.121. The molecule has 0 radical (unpaired) electrons. The van der Waals surface area contributed by atoms with Crippen LogP contribution in [0.4, 0.5) is 0 Å². The van der Waals surface area contributed by atoms with Gasteiger partial charge in [-0.25, -0.2) is 0 Å². The van der Waals surface area contributed by atoms with Crippen molar-refractivity contribution >= 4 is 18.1 Å². The number of rotatable bonds is 11. The molecular weight excluding hydrogens is 358 g/mol. The topological polar surface area (TPSA) is 79.0 Å². The van der Waals surface area contributed by atoms with Crippen molar-refractivity contribution in [1.82, 2.24) is 15.1 Å². The highest BCUT2D eigenvalue weighted by Crippen LogP contribution is 2.29. The molecule has 7 nitrogen and oxygen atoms in total. The van der Waals surface area contributed by atoms with Gasteiger partial charge in [-0.3, -0.25) is 9.59 Å². The summed E-state index contributed by atoms with van der Waals surface area (Å²) in [6.07, 6.45) is 2.26. The zero-order chi connectivity index (χ0) is 20.7. The molecule has 2 unspecified atom stereocenters. The molecule has 0 aromatic heterocycles. The van der Waals surface area contributed by atoms with E-state index in [4.69, 9.17) is 4.74 Å². The lowest BCUT2D eigenvalue weighted by Gasteiger charge is -2.25. The Bertz CT molecular complexity index is 707. The molecule has 1 aromatic rings. The summed E-state index contributed by atoms with van der Waals surface area (Å²) >= 11 is 0. The van der Waals surface area contributed by atoms with Gasteiger partial charge in [-0.15, -0.1) is 0 Å². The van der Waals surface area contributed by atoms with E-state index < -0.39 is 6.04 Å². The van der Waals surface area contributed by atoms with E-state index in [1.54, 1.807) is 19.2 Å². The number of nitrogens with one attached hydrogen (secondary N) is 1. The lowest BCUT2D eigenvalue weighted by Crippen LogP contribution is -2.37. The summed E-state index contributed by atoms with van der Waals surface area (Å²) in [7, 11) is 3.63. The van der Waals surface area contributed by atoms with E-state index >= 15 is 0 Å². The summed E-state index contributed by atoms with van der Waals surface area (Å²) in [5.41, 5.74) is 1.45. The molecule has 1 aromatic carbocycles. The van der Waals surface area contributed by atoms with Gasteiger partial charge in [0, 0.05) is 31.6 Å². The normalized spacial score (nSPS) is 15.3. The first-order valence-electron chi connectivity index (χ1n) is 9.87. The quantitative estimate of drug-likeness (QED) is 0.584. The summed E-state index contributed by atoms with van der Waals surface area (Å²) in [6.45, 7) is 6.15. The van der Waals surface area contributed by atoms with Crippen LogP contribution in [0.1, 0.15) is 49.0 Å². The molecule has 7 heteroatoms. The number of amides is 2. The first kappa shape index (κ1) is 21.9. The molecule has 2 atom stereocenters. The minimum Gasteiger partial charge on any atom is -0.492 e. The van der Waals surface area contributed by atoms with Gasteiger partial charge in [-0.05, 0) is 50.2 Å². The zero-order valence-corrected chi connectivity index (χ0v) is 17.2. The van der Waals surface area contributed by atoms with E-state index in [-0.39, 0.29) is 18.2 Å². The third kappa shape index (κ3) is 5.10. The first-order valence-corrected chi connectivity index (χ1v) is 9.87. The number of carbonyl (C=O) groups is 3. The number of benzene rings is 1. The fraction of sp³-hybridized carbons (Fsp3) is 0.571. The van der Waals surface area contributed by atoms with Gasteiger partial charge in [0.1, 0.15) is 18.6 Å². The number of aldehydes is 1. The van der Waals surface area contributed by atoms with Gasteiger partial charge in [0.2, 0.25) is 5.91 Å². The maximum Gasteiger partial charge on any atom is 0.255 e. The van der Waals surface area contributed by atoms with Crippen molar-refractivity contribution < 1.29 is 19.1 Å². The van der Waals surface area contributed by atoms with Crippen LogP contribution in [0.25, 0.3) is 0 Å². The number of nitrogens with zero attached hydrogens (tertiary/aromatic N) is 2. The average Bonchev–Trinajstić information content (AvgIpc) is 3.04. The monoisotopic (exact) mass is 389 g/mol. The average molecular weight is 389 g/mol. The molecule has 0 fully saturated rings. The molecule has 0 bridgehead atoms. The molecule has 2 amide bonds. The predicted molar refractivity (Wildman–Crippen MR) is 107 cm³/mol. The Balaban J connectivity index is 2.04. The van der Waals surface area contributed by atoms with Crippen molar-refractivity contribution in [2.45, 2.75) is 51.7 Å². The van der Waals surface area contributed by atoms with E-state index in [0.29, 0.717) is 31.2 Å². The minimum atomic E-state index is -0.607. The second-order valence-corrected chi connectivity index (χ2v) is 7.11. The second kappa shape index (κ2) is 10.2. The molecule has 1 aliphatic heterocycles. The number of hydrogen-bond acceptors (Lipinski definition) is 5. The van der Waals surface area contributed by atoms with Crippen LogP contribution in [-0.4, -0.2) is 67.2 Å². The van der Waals surface area contributed by atoms with Gasteiger partial charge in [-0.1, -0.05) is 13.8 Å². The van der Waals surface area contributed by atoms with Crippen molar-refractivity contribution in [3.8, 4) is 5.75 Å². The molecule has 154 valence electrons. The summed E-state index contributed by atoms with van der Waals surface area (Å²) in [5.74, 6) is 0.409. The van der Waals surface area contributed by atoms with Crippen LogP contribution >= 0.6 is 0 Å². The number of fused-ring (bicyclic) bond motifs is 1. The fourth-order valence-electron chi connectivity index (χ4n) is 3.39. The summed E-state index contributed by atoms with van der Waals surface area (Å²) in [6, 6.07) is 5.18. The van der Waals surface area contributed by atoms with Crippen molar-refractivity contribution in [3.05, 3.63) is 29.3 Å². The SMILES string of the molecule is CCC(COc1ccc2c(c1)CN(C(C=O)CCC(=O)NC)C2=O)N(C)CC. The molecular formula is C21H31N3O4. The Kier molecular flexibility index (Phi) is 7.99. The van der Waals surface area contributed by atoms with Crippen LogP contribution in [-0.2, 0) is 16.1 Å². The number of ether oxygens (including phenoxy) is 1. The van der Waals surface area contributed by atoms with E-state index in [1.165, 1.54) is 4.90 Å². The third-order valence-electron chi connectivity index (χ3n) is 5.45. The molecule has 0 saturated heterocycles. The molecule has 1 aliphatic rings. The van der Waals surface area contributed by atoms with Crippen LogP contribution in [0.15, 0.2) is 18.2 Å². The molecule has 0 saturated carbocycles. The highest BCUT2D eigenvalue weighted by atomic mass is 16.5. The Morgan fingerprint density at radius 2 is 2.14 bits per heavy atom. The highest BCUT2D eigenvalue weighted by molar-refractivity contribution is 5.99. The summed E-state index contributed by atoms with van der Waals surface area (Å²) < 4.78 is 5.96. The smallest absolute Gasteiger partial charge is 0.255 e. The third-order valence-corrected chi connectivity index (χ3v) is 5.45. The van der Waals surface area contributed by atoms with Crippen molar-refractivity contribution in [2.24, 2.45) is 0 Å². The van der Waals surface area contributed by atoms with E-state index in [9.17, 15) is 14.4 Å². The fourth-order valence-corrected chi connectivity index (χ4v) is 3.39. The number of carbonyl (C=O) groups excluding carboxylic acids is 3. The van der Waals surface area contributed by atoms with E-state index in [1.807, 2.05) is 6.07 Å². The first-order chi connectivity index (χ1) is 13.4. The van der Waals surface area contributed by atoms with Crippen LogP contribution < -0.4 is 10.1 Å². The summed E-state index contributed by atoms with van der Waals surface area (Å²) in [5, 5.41) is 2.53. The largest absolute Gasteiger partial charge is 0.492 e. The maximum atomic E-state index is 12.7. The Hall–Kier alpha value is -2.41. The van der Waals surface area contributed by atoms with Gasteiger partial charge in [-0.2, -0.15) is 0 Å². The molecule has 28 heavy (non-hydrogen) atoms. The van der Waals surface area contributed by atoms with E-state index in [2.05, 4.69) is 31.1 Å². The molecule has 1 N–H and O–H groups in total. The van der Waals surface area contributed by atoms with Gasteiger partial charge < -0.3 is 24.6 Å². The van der Waals surface area contributed by atoms with Crippen LogP contribution in [0.2, 0.25) is 0 Å². The predicted octanol–water partition coefficient (Wildman–Crippen LogP) is 1.85. The van der Waals surface area contributed by atoms with Crippen LogP contribution in [0.5, 0.6) is 5.75 Å². The second-order valence-electron chi connectivity index (χ2n) is 7.11. The lowest BCUT2D eigenvalue weighted by atomic mass is 10.1. The zero-order valence-electron chi connectivity index (χ0n) is 17.2. The maximum absolute atomic E-state index is 12.7. The molecule has 2 rings (SSSR count). The van der Waals surface area contributed by atoms with E-state index in [0.717, 1.165) is 30.6 Å². The Morgan fingerprint density at radius 3 is 2.75 bits per heavy atom. The van der Waals surface area contributed by atoms with Crippen LogP contribution in [0, 0.1) is 0 Å². The standard InChI is InChI=1S/C21H31N3O4/c1-5-16(23(4)6-2)14-28-18-8-9-19-15(11-18)12-24(21(19)27)17(13-25)7-10-20(26)22-3/h8-9,11,13,16-17H,5-7,10,12,14H2,1-4H3,(H,22,26). The Labute approximate surface area is 167 Å². The van der Waals surface area contributed by atoms with Gasteiger partial charge >= 0.3 is 0 Å². The van der Waals surface area contributed by atoms with Crippen molar-refractivity contribution in [1.29, 1.82) is 0 Å². The summed E-state index contributed by atoms with van der Waals surface area (Å²) in [4.78, 5) is 39.4. The Morgan fingerprint density at radius 1 is 1.39 bits per heavy atom. The van der Waals surface area contributed by atoms with Crippen molar-refractivity contribution in [3.63, 3.8) is 0 Å². The molecule has 0 spiro atoms. The van der Waals surface area contributed by atoms with Crippen molar-refractivity contribution in [2.75, 3.05) is 27.2 Å². The number of hydrogen-bond donors (Lipinski definition) is 1. The minimum absolute atomic E-state index is 0.144. The molecule has 1 heterocycles. The number of likely N-dealkylation sites (N-methyl/N-ethyl adjacent to an activating group) is 1. The van der Waals surface area contributed by atoms with Gasteiger partial charge in [0.25, 0.3) is 5.91 Å². The van der Waals surface area contributed by atoms with Gasteiger partial charge in [0.05, 0.1) is 6.04 Å².